The van der Waals surface area contributed by atoms with Gasteiger partial charge in [-0.2, -0.15) is 0 Å². The highest BCUT2D eigenvalue weighted by Crippen LogP contribution is 2.27. The van der Waals surface area contributed by atoms with E-state index in [0.29, 0.717) is 16.0 Å². The molecule has 0 aliphatic heterocycles. The SMILES string of the molecule is Cc1c(N=NN(C)C)cc(Cl)nc1Cl. The van der Waals surface area contributed by atoms with E-state index in [0.717, 1.165) is 5.56 Å². The Bertz CT molecular complexity index is 363. The van der Waals surface area contributed by atoms with Gasteiger partial charge in [0.05, 0.1) is 5.69 Å². The third-order valence-corrected chi connectivity index (χ3v) is 2.05. The van der Waals surface area contributed by atoms with E-state index >= 15 is 0 Å². The Balaban J connectivity index is 3.08. The molecular formula is C8H10Cl2N4. The van der Waals surface area contributed by atoms with E-state index in [9.17, 15) is 0 Å². The van der Waals surface area contributed by atoms with Gasteiger partial charge in [-0.05, 0) is 6.92 Å². The zero-order chi connectivity index (χ0) is 10.7. The summed E-state index contributed by atoms with van der Waals surface area (Å²) in [6.07, 6.45) is 0. The lowest BCUT2D eigenvalue weighted by molar-refractivity contribution is 0.408. The molecule has 0 aromatic carbocycles. The van der Waals surface area contributed by atoms with Gasteiger partial charge in [-0.3, -0.25) is 5.01 Å². The van der Waals surface area contributed by atoms with Crippen LogP contribution in [-0.4, -0.2) is 24.1 Å². The van der Waals surface area contributed by atoms with Crippen molar-refractivity contribution in [3.8, 4) is 0 Å². The summed E-state index contributed by atoms with van der Waals surface area (Å²) in [5.74, 6) is 0. The summed E-state index contributed by atoms with van der Waals surface area (Å²) >= 11 is 11.6. The van der Waals surface area contributed by atoms with E-state index in [1.807, 2.05) is 6.92 Å². The molecular weight excluding hydrogens is 223 g/mol. The fraction of sp³-hybridized carbons (Fsp3) is 0.375. The van der Waals surface area contributed by atoms with Crippen molar-refractivity contribution in [2.75, 3.05) is 14.1 Å². The van der Waals surface area contributed by atoms with E-state index < -0.39 is 0 Å². The number of rotatable bonds is 2. The maximum absolute atomic E-state index is 5.82. The zero-order valence-corrected chi connectivity index (χ0v) is 9.63. The van der Waals surface area contributed by atoms with Crippen LogP contribution in [0.15, 0.2) is 16.4 Å². The molecule has 1 heterocycles. The molecule has 0 atom stereocenters. The van der Waals surface area contributed by atoms with E-state index in [1.165, 1.54) is 0 Å². The van der Waals surface area contributed by atoms with Gasteiger partial charge in [0.1, 0.15) is 10.3 Å². The second-order valence-electron chi connectivity index (χ2n) is 2.92. The van der Waals surface area contributed by atoms with Crippen LogP contribution in [0, 0.1) is 6.92 Å². The first-order valence-electron chi connectivity index (χ1n) is 3.92. The van der Waals surface area contributed by atoms with Gasteiger partial charge >= 0.3 is 0 Å². The first-order chi connectivity index (χ1) is 6.50. The van der Waals surface area contributed by atoms with Crippen LogP contribution in [0.25, 0.3) is 0 Å². The standard InChI is InChI=1S/C8H10Cl2N4/c1-5-6(12-13-14(2)3)4-7(9)11-8(5)10/h4H,1-3H3. The lowest BCUT2D eigenvalue weighted by Gasteiger charge is -2.04. The summed E-state index contributed by atoms with van der Waals surface area (Å²) in [4.78, 5) is 3.88. The van der Waals surface area contributed by atoms with Crippen molar-refractivity contribution in [3.63, 3.8) is 0 Å². The summed E-state index contributed by atoms with van der Waals surface area (Å²) in [5.41, 5.74) is 1.39. The monoisotopic (exact) mass is 232 g/mol. The Morgan fingerprint density at radius 3 is 2.57 bits per heavy atom. The molecule has 0 bridgehead atoms. The van der Waals surface area contributed by atoms with Gasteiger partial charge in [-0.15, -0.1) is 5.11 Å². The van der Waals surface area contributed by atoms with Gasteiger partial charge in [0.2, 0.25) is 0 Å². The van der Waals surface area contributed by atoms with Crippen LogP contribution in [0.1, 0.15) is 5.56 Å². The molecule has 0 spiro atoms. The van der Waals surface area contributed by atoms with Crippen LogP contribution >= 0.6 is 23.2 Å². The van der Waals surface area contributed by atoms with Crippen LogP contribution in [0.4, 0.5) is 5.69 Å². The fourth-order valence-corrected chi connectivity index (χ4v) is 1.20. The summed E-state index contributed by atoms with van der Waals surface area (Å²) in [6.45, 7) is 1.82. The number of pyridine rings is 1. The number of hydrogen-bond donors (Lipinski definition) is 0. The largest absolute Gasteiger partial charge is 0.285 e. The van der Waals surface area contributed by atoms with Crippen LogP contribution < -0.4 is 0 Å². The Kier molecular flexibility index (Phi) is 3.66. The quantitative estimate of drug-likeness (QED) is 0.447. The predicted octanol–water partition coefficient (Wildman–Crippen LogP) is 3.26. The molecule has 0 amide bonds. The second-order valence-corrected chi connectivity index (χ2v) is 3.66. The number of halogens is 2. The van der Waals surface area contributed by atoms with Crippen molar-refractivity contribution in [1.82, 2.24) is 9.99 Å². The number of aromatic nitrogens is 1. The predicted molar refractivity (Wildman–Crippen MR) is 57.2 cm³/mol. The molecule has 76 valence electrons. The Labute approximate surface area is 92.5 Å². The molecule has 0 N–H and O–H groups in total. The normalized spacial score (nSPS) is 10.9. The van der Waals surface area contributed by atoms with Gasteiger partial charge in [-0.25, -0.2) is 4.98 Å². The van der Waals surface area contributed by atoms with E-state index in [1.54, 1.807) is 25.2 Å². The highest BCUT2D eigenvalue weighted by Gasteiger charge is 2.05. The summed E-state index contributed by atoms with van der Waals surface area (Å²) in [6, 6.07) is 1.62. The molecule has 0 fully saturated rings. The molecule has 0 saturated carbocycles. The Hall–Kier alpha value is -0.870. The molecule has 0 aliphatic rings. The van der Waals surface area contributed by atoms with Gasteiger partial charge in [-0.1, -0.05) is 28.4 Å². The topological polar surface area (TPSA) is 40.9 Å². The molecule has 6 heteroatoms. The molecule has 14 heavy (non-hydrogen) atoms. The summed E-state index contributed by atoms with van der Waals surface area (Å²) in [5, 5.41) is 10.1. The average molecular weight is 233 g/mol. The maximum Gasteiger partial charge on any atom is 0.135 e. The number of hydrogen-bond acceptors (Lipinski definition) is 3. The van der Waals surface area contributed by atoms with E-state index in [4.69, 9.17) is 23.2 Å². The van der Waals surface area contributed by atoms with E-state index in [-0.39, 0.29) is 0 Å². The van der Waals surface area contributed by atoms with Crippen LogP contribution in [0.3, 0.4) is 0 Å². The van der Waals surface area contributed by atoms with E-state index in [2.05, 4.69) is 15.3 Å². The molecule has 0 aliphatic carbocycles. The van der Waals surface area contributed by atoms with Crippen LogP contribution in [0.2, 0.25) is 10.3 Å². The zero-order valence-electron chi connectivity index (χ0n) is 8.12. The van der Waals surface area contributed by atoms with Gasteiger partial charge in [0.15, 0.2) is 0 Å². The van der Waals surface area contributed by atoms with Crippen LogP contribution in [-0.2, 0) is 0 Å². The molecule has 0 unspecified atom stereocenters. The summed E-state index contributed by atoms with van der Waals surface area (Å²) in [7, 11) is 3.56. The van der Waals surface area contributed by atoms with Crippen molar-refractivity contribution in [2.45, 2.75) is 6.92 Å². The van der Waals surface area contributed by atoms with Crippen molar-refractivity contribution in [1.29, 1.82) is 0 Å². The molecule has 1 rings (SSSR count). The minimum atomic E-state index is 0.313. The molecule has 0 saturated heterocycles. The minimum absolute atomic E-state index is 0.313. The Morgan fingerprint density at radius 2 is 2.00 bits per heavy atom. The maximum atomic E-state index is 5.82. The van der Waals surface area contributed by atoms with Gasteiger partial charge in [0.25, 0.3) is 0 Å². The molecule has 0 radical (unpaired) electrons. The highest BCUT2D eigenvalue weighted by atomic mass is 35.5. The minimum Gasteiger partial charge on any atom is -0.285 e. The lowest BCUT2D eigenvalue weighted by Crippen LogP contribution is -1.99. The number of nitrogens with zero attached hydrogens (tertiary/aromatic N) is 4. The lowest BCUT2D eigenvalue weighted by atomic mass is 10.3. The third kappa shape index (κ3) is 2.82. The van der Waals surface area contributed by atoms with Gasteiger partial charge in [0, 0.05) is 25.7 Å². The molecule has 1 aromatic rings. The van der Waals surface area contributed by atoms with Gasteiger partial charge < -0.3 is 0 Å². The second kappa shape index (κ2) is 4.57. The van der Waals surface area contributed by atoms with Crippen molar-refractivity contribution >= 4 is 28.9 Å². The average Bonchev–Trinajstić information content (AvgIpc) is 2.08. The molecule has 1 aromatic heterocycles. The Morgan fingerprint density at radius 1 is 1.36 bits per heavy atom. The fourth-order valence-electron chi connectivity index (χ4n) is 0.778. The summed E-state index contributed by atoms with van der Waals surface area (Å²) < 4.78 is 0. The van der Waals surface area contributed by atoms with Crippen molar-refractivity contribution in [2.24, 2.45) is 10.3 Å². The highest BCUT2D eigenvalue weighted by molar-refractivity contribution is 6.33. The first-order valence-corrected chi connectivity index (χ1v) is 4.68. The van der Waals surface area contributed by atoms with Crippen LogP contribution in [0.5, 0.6) is 0 Å². The third-order valence-electron chi connectivity index (χ3n) is 1.49. The molecule has 4 nitrogen and oxygen atoms in total. The smallest absolute Gasteiger partial charge is 0.135 e. The van der Waals surface area contributed by atoms with Crippen molar-refractivity contribution < 1.29 is 0 Å². The van der Waals surface area contributed by atoms with Crippen molar-refractivity contribution in [3.05, 3.63) is 21.9 Å². The first kappa shape index (κ1) is 11.2.